The number of nitrogens with zero attached hydrogens (tertiary/aromatic N) is 2. The number of anilines is 1. The van der Waals surface area contributed by atoms with Crippen molar-refractivity contribution in [2.75, 3.05) is 11.9 Å². The molecule has 3 aromatic rings. The molecule has 0 aliphatic rings. The lowest BCUT2D eigenvalue weighted by atomic mass is 10.1. The molecule has 32 heavy (non-hydrogen) atoms. The van der Waals surface area contributed by atoms with Gasteiger partial charge in [-0.1, -0.05) is 29.8 Å². The van der Waals surface area contributed by atoms with Gasteiger partial charge in [0.05, 0.1) is 24.8 Å². The summed E-state index contributed by atoms with van der Waals surface area (Å²) in [5.41, 5.74) is 1.57. The lowest BCUT2D eigenvalue weighted by molar-refractivity contribution is -0.115. The van der Waals surface area contributed by atoms with E-state index in [1.807, 2.05) is 0 Å². The molecular formula is C20H20ClF2N5O3S. The predicted molar refractivity (Wildman–Crippen MR) is 116 cm³/mol. The van der Waals surface area contributed by atoms with Gasteiger partial charge in [-0.3, -0.25) is 4.79 Å². The van der Waals surface area contributed by atoms with Crippen LogP contribution in [0.25, 0.3) is 5.69 Å². The number of alkyl halides is 2. The van der Waals surface area contributed by atoms with Crippen LogP contribution in [-0.4, -0.2) is 37.1 Å². The highest BCUT2D eigenvalue weighted by atomic mass is 35.5. The smallest absolute Gasteiger partial charge is 0.250 e. The summed E-state index contributed by atoms with van der Waals surface area (Å²) in [5, 5.41) is 15.1. The average Bonchev–Trinajstić information content (AvgIpc) is 3.17. The fourth-order valence-electron chi connectivity index (χ4n) is 2.94. The molecule has 0 fully saturated rings. The summed E-state index contributed by atoms with van der Waals surface area (Å²) >= 11 is 6.07. The number of carbonyl (C=O) groups is 1. The van der Waals surface area contributed by atoms with Gasteiger partial charge < -0.3 is 10.6 Å². The summed E-state index contributed by atoms with van der Waals surface area (Å²) in [6, 6.07) is 11.1. The monoisotopic (exact) mass is 483 g/mol. The van der Waals surface area contributed by atoms with Crippen molar-refractivity contribution in [2.24, 2.45) is 5.14 Å². The number of aromatic nitrogens is 2. The van der Waals surface area contributed by atoms with Crippen molar-refractivity contribution in [1.82, 2.24) is 15.1 Å². The quantitative estimate of drug-likeness (QED) is 0.432. The van der Waals surface area contributed by atoms with Crippen molar-refractivity contribution in [2.45, 2.75) is 24.3 Å². The van der Waals surface area contributed by atoms with Crippen LogP contribution in [0.3, 0.4) is 0 Å². The molecule has 170 valence electrons. The van der Waals surface area contributed by atoms with Gasteiger partial charge in [-0.05, 0) is 29.8 Å². The molecule has 0 aliphatic carbocycles. The van der Waals surface area contributed by atoms with Crippen LogP contribution in [0.4, 0.5) is 14.5 Å². The first-order valence-electron chi connectivity index (χ1n) is 9.36. The Morgan fingerprint density at radius 2 is 1.97 bits per heavy atom. The second-order valence-corrected chi connectivity index (χ2v) is 8.80. The molecule has 3 rings (SSSR count). The first-order chi connectivity index (χ1) is 15.1. The van der Waals surface area contributed by atoms with Crippen LogP contribution in [0.15, 0.2) is 59.8 Å². The second-order valence-electron chi connectivity index (χ2n) is 6.86. The van der Waals surface area contributed by atoms with E-state index in [4.69, 9.17) is 16.7 Å². The molecule has 0 spiro atoms. The summed E-state index contributed by atoms with van der Waals surface area (Å²) in [6.07, 6.45) is 0.433. The van der Waals surface area contributed by atoms with Gasteiger partial charge in [0.2, 0.25) is 15.9 Å². The summed E-state index contributed by atoms with van der Waals surface area (Å²) in [4.78, 5) is 12.1. The predicted octanol–water partition coefficient (Wildman–Crippen LogP) is 2.71. The van der Waals surface area contributed by atoms with Crippen molar-refractivity contribution in [3.05, 3.63) is 71.0 Å². The Labute approximate surface area is 188 Å². The van der Waals surface area contributed by atoms with E-state index in [1.54, 1.807) is 24.3 Å². The average molecular weight is 484 g/mol. The number of nitrogens with two attached hydrogens (primary N) is 1. The molecule has 0 aliphatic heterocycles. The summed E-state index contributed by atoms with van der Waals surface area (Å²) in [6.45, 7) is -0.346. The number of carbonyl (C=O) groups excluding carboxylic acids is 1. The Balaban J connectivity index is 1.80. The Morgan fingerprint density at radius 3 is 2.66 bits per heavy atom. The summed E-state index contributed by atoms with van der Waals surface area (Å²) < 4.78 is 50.1. The normalized spacial score (nSPS) is 11.7. The number of amides is 1. The van der Waals surface area contributed by atoms with E-state index >= 15 is 0 Å². The highest BCUT2D eigenvalue weighted by Gasteiger charge is 2.18. The van der Waals surface area contributed by atoms with Crippen LogP contribution < -0.4 is 15.8 Å². The van der Waals surface area contributed by atoms with Crippen LogP contribution in [-0.2, 0) is 27.8 Å². The molecule has 8 nitrogen and oxygen atoms in total. The maximum absolute atomic E-state index is 12.4. The first kappa shape index (κ1) is 23.8. The largest absolute Gasteiger partial charge is 0.326 e. The molecule has 0 saturated carbocycles. The van der Waals surface area contributed by atoms with Crippen LogP contribution >= 0.6 is 11.6 Å². The second kappa shape index (κ2) is 10.2. The van der Waals surface area contributed by atoms with Gasteiger partial charge in [0.25, 0.3) is 6.43 Å². The Bertz CT molecular complexity index is 1220. The molecule has 1 aromatic heterocycles. The molecule has 0 atom stereocenters. The van der Waals surface area contributed by atoms with Crippen LogP contribution in [0.5, 0.6) is 0 Å². The van der Waals surface area contributed by atoms with Crippen molar-refractivity contribution in [1.29, 1.82) is 0 Å². The zero-order valence-corrected chi connectivity index (χ0v) is 18.2. The summed E-state index contributed by atoms with van der Waals surface area (Å²) in [5.74, 6) is -0.391. The molecule has 0 saturated heterocycles. The molecule has 2 aromatic carbocycles. The van der Waals surface area contributed by atoms with Gasteiger partial charge in [-0.2, -0.15) is 5.10 Å². The van der Waals surface area contributed by atoms with Gasteiger partial charge in [0.1, 0.15) is 4.90 Å². The van der Waals surface area contributed by atoms with E-state index in [0.717, 1.165) is 0 Å². The molecule has 0 unspecified atom stereocenters. The standard InChI is InChI=1S/C20H20ClF2N5O3S/c21-16-4-2-1-3-14(16)7-20(29)27-15-5-6-17(18(8-15)32(24,30)31)28-12-13(10-26-28)9-25-11-19(22)23/h1-6,8,10,12,19,25H,7,9,11H2,(H,27,29)(H2,24,30,31). The number of rotatable bonds is 9. The van der Waals surface area contributed by atoms with E-state index in [9.17, 15) is 22.0 Å². The maximum atomic E-state index is 12.4. The molecule has 1 heterocycles. The molecule has 0 bridgehead atoms. The van der Waals surface area contributed by atoms with Gasteiger partial charge in [-0.15, -0.1) is 0 Å². The zero-order valence-electron chi connectivity index (χ0n) is 16.6. The highest BCUT2D eigenvalue weighted by Crippen LogP contribution is 2.24. The van der Waals surface area contributed by atoms with Crippen LogP contribution in [0.2, 0.25) is 5.02 Å². The number of primary sulfonamides is 1. The number of hydrogen-bond donors (Lipinski definition) is 3. The van der Waals surface area contributed by atoms with Crippen LogP contribution in [0, 0.1) is 0 Å². The molecule has 0 radical (unpaired) electrons. The minimum atomic E-state index is -4.17. The number of hydrogen-bond acceptors (Lipinski definition) is 5. The fourth-order valence-corrected chi connectivity index (χ4v) is 3.88. The minimum absolute atomic E-state index is 0.000264. The third-order valence-corrected chi connectivity index (χ3v) is 5.68. The number of benzene rings is 2. The molecule has 12 heteroatoms. The van der Waals surface area contributed by atoms with E-state index in [0.29, 0.717) is 16.1 Å². The van der Waals surface area contributed by atoms with Crippen molar-refractivity contribution >= 4 is 33.2 Å². The van der Waals surface area contributed by atoms with E-state index in [-0.39, 0.29) is 29.2 Å². The van der Waals surface area contributed by atoms with Gasteiger partial charge >= 0.3 is 0 Å². The first-order valence-corrected chi connectivity index (χ1v) is 11.3. The number of halogens is 3. The molecular weight excluding hydrogens is 464 g/mol. The lowest BCUT2D eigenvalue weighted by Gasteiger charge is -2.12. The van der Waals surface area contributed by atoms with Crippen LogP contribution in [0.1, 0.15) is 11.1 Å². The van der Waals surface area contributed by atoms with E-state index < -0.39 is 28.9 Å². The SMILES string of the molecule is NS(=O)(=O)c1cc(NC(=O)Cc2ccccc2Cl)ccc1-n1cc(CNCC(F)F)cn1. The topological polar surface area (TPSA) is 119 Å². The zero-order chi connectivity index (χ0) is 23.3. The highest BCUT2D eigenvalue weighted by molar-refractivity contribution is 7.89. The fraction of sp³-hybridized carbons (Fsp3) is 0.200. The number of nitrogens with one attached hydrogen (secondary N) is 2. The lowest BCUT2D eigenvalue weighted by Crippen LogP contribution is -2.20. The minimum Gasteiger partial charge on any atom is -0.326 e. The maximum Gasteiger partial charge on any atom is 0.250 e. The number of sulfonamides is 1. The third kappa shape index (κ3) is 6.33. The molecule has 4 N–H and O–H groups in total. The van der Waals surface area contributed by atoms with Crippen molar-refractivity contribution in [3.63, 3.8) is 0 Å². The van der Waals surface area contributed by atoms with Gasteiger partial charge in [0, 0.05) is 29.0 Å². The van der Waals surface area contributed by atoms with Crippen molar-refractivity contribution in [3.8, 4) is 5.69 Å². The van der Waals surface area contributed by atoms with E-state index in [2.05, 4.69) is 15.7 Å². The van der Waals surface area contributed by atoms with Crippen molar-refractivity contribution < 1.29 is 22.0 Å². The Kier molecular flexibility index (Phi) is 7.56. The van der Waals surface area contributed by atoms with Gasteiger partial charge in [0.15, 0.2) is 0 Å². The van der Waals surface area contributed by atoms with Gasteiger partial charge in [-0.25, -0.2) is 27.0 Å². The summed E-state index contributed by atoms with van der Waals surface area (Å²) in [7, 11) is -4.17. The Hall–Kier alpha value is -2.86. The molecule has 1 amide bonds. The Morgan fingerprint density at radius 1 is 1.22 bits per heavy atom. The third-order valence-electron chi connectivity index (χ3n) is 4.37. The van der Waals surface area contributed by atoms with E-state index in [1.165, 1.54) is 35.3 Å².